The number of esters is 2. The van der Waals surface area contributed by atoms with Crippen LogP contribution in [0.4, 0.5) is 5.69 Å². The lowest BCUT2D eigenvalue weighted by molar-refractivity contribution is -0.172. The number of carbonyl (C=O) groups is 2. The first-order chi connectivity index (χ1) is 12.4. The molecule has 0 radical (unpaired) electrons. The van der Waals surface area contributed by atoms with Gasteiger partial charge in [-0.2, -0.15) is 0 Å². The summed E-state index contributed by atoms with van der Waals surface area (Å²) in [4.78, 5) is 25.6. The van der Waals surface area contributed by atoms with Gasteiger partial charge in [0.2, 0.25) is 0 Å². The highest BCUT2D eigenvalue weighted by atomic mass is 32.1. The van der Waals surface area contributed by atoms with Gasteiger partial charge in [-0.3, -0.25) is 9.59 Å². The van der Waals surface area contributed by atoms with Crippen molar-refractivity contribution in [2.45, 2.75) is 40.5 Å². The summed E-state index contributed by atoms with van der Waals surface area (Å²) in [6.45, 7) is 7.45. The third-order valence-corrected chi connectivity index (χ3v) is 4.07. The molecule has 6 heteroatoms. The molecule has 0 unspecified atom stereocenters. The van der Waals surface area contributed by atoms with E-state index in [9.17, 15) is 9.59 Å². The summed E-state index contributed by atoms with van der Waals surface area (Å²) < 4.78 is 10.3. The van der Waals surface area contributed by atoms with Crippen molar-refractivity contribution in [1.82, 2.24) is 0 Å². The van der Waals surface area contributed by atoms with E-state index in [1.165, 1.54) is 0 Å². The molecule has 0 fully saturated rings. The molecule has 5 nitrogen and oxygen atoms in total. The highest BCUT2D eigenvalue weighted by molar-refractivity contribution is 7.80. The standard InChI is InChI=1S/C20H27NO4S/c1-5-20(18(22)24-6-2,19(23)25-7-3)14-10-12-16-11-8-9-13-17(16)21-15(4)26/h8-13H,5-7,14H2,1-4H3,(H,21,26)/b12-10-. The maximum absolute atomic E-state index is 12.5. The number of benzene rings is 1. The van der Waals surface area contributed by atoms with E-state index in [0.717, 1.165) is 11.3 Å². The number of thiocarbonyl (C=S) groups is 1. The Kier molecular flexibility index (Phi) is 8.99. The quantitative estimate of drug-likeness (QED) is 0.392. The smallest absolute Gasteiger partial charge is 0.323 e. The summed E-state index contributed by atoms with van der Waals surface area (Å²) in [7, 11) is 0. The summed E-state index contributed by atoms with van der Waals surface area (Å²) in [5.74, 6) is -1.10. The van der Waals surface area contributed by atoms with Gasteiger partial charge in [-0.15, -0.1) is 0 Å². The van der Waals surface area contributed by atoms with E-state index in [2.05, 4.69) is 5.32 Å². The Morgan fingerprint density at radius 3 is 2.19 bits per heavy atom. The van der Waals surface area contributed by atoms with E-state index in [1.54, 1.807) is 33.8 Å². The Balaban J connectivity index is 3.09. The normalized spacial score (nSPS) is 11.2. The topological polar surface area (TPSA) is 64.6 Å². The second-order valence-corrected chi connectivity index (χ2v) is 6.36. The van der Waals surface area contributed by atoms with Crippen LogP contribution in [-0.2, 0) is 19.1 Å². The first-order valence-corrected chi connectivity index (χ1v) is 9.19. The third kappa shape index (κ3) is 5.66. The van der Waals surface area contributed by atoms with E-state index in [0.29, 0.717) is 11.4 Å². The van der Waals surface area contributed by atoms with Gasteiger partial charge in [0.1, 0.15) is 0 Å². The van der Waals surface area contributed by atoms with E-state index >= 15 is 0 Å². The van der Waals surface area contributed by atoms with Crippen LogP contribution < -0.4 is 5.32 Å². The van der Waals surface area contributed by atoms with Gasteiger partial charge in [-0.25, -0.2) is 0 Å². The van der Waals surface area contributed by atoms with Crippen molar-refractivity contribution in [2.24, 2.45) is 5.41 Å². The number of allylic oxidation sites excluding steroid dienone is 1. The van der Waals surface area contributed by atoms with Crippen LogP contribution >= 0.6 is 12.2 Å². The Hall–Kier alpha value is -2.21. The zero-order valence-electron chi connectivity index (χ0n) is 15.8. The van der Waals surface area contributed by atoms with Gasteiger partial charge in [0.15, 0.2) is 5.41 Å². The fourth-order valence-corrected chi connectivity index (χ4v) is 2.66. The Labute approximate surface area is 160 Å². The minimum Gasteiger partial charge on any atom is -0.465 e. The van der Waals surface area contributed by atoms with E-state index in [1.807, 2.05) is 30.3 Å². The van der Waals surface area contributed by atoms with Gasteiger partial charge in [-0.05, 0) is 45.2 Å². The molecule has 26 heavy (non-hydrogen) atoms. The molecule has 0 aliphatic heterocycles. The van der Waals surface area contributed by atoms with Crippen LogP contribution in [0.25, 0.3) is 6.08 Å². The summed E-state index contributed by atoms with van der Waals surface area (Å²) in [5.41, 5.74) is 0.449. The molecule has 0 saturated heterocycles. The third-order valence-electron chi connectivity index (χ3n) is 3.97. The van der Waals surface area contributed by atoms with Gasteiger partial charge in [0, 0.05) is 5.69 Å². The van der Waals surface area contributed by atoms with Crippen LogP contribution in [0.2, 0.25) is 0 Å². The van der Waals surface area contributed by atoms with Crippen LogP contribution in [0.3, 0.4) is 0 Å². The predicted octanol–water partition coefficient (Wildman–Crippen LogP) is 4.37. The van der Waals surface area contributed by atoms with Crippen LogP contribution in [0.15, 0.2) is 30.3 Å². The lowest BCUT2D eigenvalue weighted by atomic mass is 9.81. The molecule has 0 bridgehead atoms. The second kappa shape index (κ2) is 10.7. The minimum atomic E-state index is -1.33. The Bertz CT molecular complexity index is 652. The molecule has 1 aromatic carbocycles. The number of rotatable bonds is 9. The van der Waals surface area contributed by atoms with Crippen LogP contribution in [0.1, 0.15) is 46.1 Å². The highest BCUT2D eigenvalue weighted by Gasteiger charge is 2.46. The molecule has 0 aliphatic carbocycles. The van der Waals surface area contributed by atoms with Gasteiger partial charge in [0.25, 0.3) is 0 Å². The molecule has 0 aromatic heterocycles. The number of carbonyl (C=O) groups excluding carboxylic acids is 2. The average molecular weight is 378 g/mol. The zero-order chi connectivity index (χ0) is 19.6. The van der Waals surface area contributed by atoms with Gasteiger partial charge >= 0.3 is 11.9 Å². The van der Waals surface area contributed by atoms with Crippen molar-refractivity contribution in [1.29, 1.82) is 0 Å². The number of anilines is 1. The largest absolute Gasteiger partial charge is 0.465 e. The van der Waals surface area contributed by atoms with Crippen molar-refractivity contribution in [3.8, 4) is 0 Å². The van der Waals surface area contributed by atoms with E-state index in [-0.39, 0.29) is 19.6 Å². The highest BCUT2D eigenvalue weighted by Crippen LogP contribution is 2.32. The number of ether oxygens (including phenoxy) is 2. The molecule has 0 amide bonds. The molecule has 1 rings (SSSR count). The summed E-state index contributed by atoms with van der Waals surface area (Å²) >= 11 is 5.10. The monoisotopic (exact) mass is 377 g/mol. The molecule has 1 aromatic rings. The predicted molar refractivity (Wildman–Crippen MR) is 108 cm³/mol. The van der Waals surface area contributed by atoms with E-state index in [4.69, 9.17) is 21.7 Å². The Morgan fingerprint density at radius 1 is 1.12 bits per heavy atom. The number of nitrogens with one attached hydrogen (secondary N) is 1. The van der Waals surface area contributed by atoms with Crippen LogP contribution in [-0.4, -0.2) is 30.1 Å². The Morgan fingerprint density at radius 2 is 1.69 bits per heavy atom. The first kappa shape index (κ1) is 21.8. The van der Waals surface area contributed by atoms with Crippen molar-refractivity contribution in [3.05, 3.63) is 35.9 Å². The maximum Gasteiger partial charge on any atom is 0.323 e. The molecular weight excluding hydrogens is 350 g/mol. The number of hydrogen-bond donors (Lipinski definition) is 1. The lowest BCUT2D eigenvalue weighted by Gasteiger charge is -2.26. The van der Waals surface area contributed by atoms with Gasteiger partial charge in [-0.1, -0.05) is 49.5 Å². The molecule has 0 atom stereocenters. The first-order valence-electron chi connectivity index (χ1n) is 8.78. The summed E-state index contributed by atoms with van der Waals surface area (Å²) in [6.07, 6.45) is 4.17. The van der Waals surface area contributed by atoms with E-state index < -0.39 is 17.4 Å². The molecule has 1 N–H and O–H groups in total. The average Bonchev–Trinajstić information content (AvgIpc) is 2.60. The molecule has 142 valence electrons. The minimum absolute atomic E-state index is 0.200. The second-order valence-electron chi connectivity index (χ2n) is 5.75. The van der Waals surface area contributed by atoms with Crippen molar-refractivity contribution < 1.29 is 19.1 Å². The molecule has 0 heterocycles. The van der Waals surface area contributed by atoms with Gasteiger partial charge < -0.3 is 14.8 Å². The molecule has 0 saturated carbocycles. The van der Waals surface area contributed by atoms with Crippen LogP contribution in [0.5, 0.6) is 0 Å². The van der Waals surface area contributed by atoms with Gasteiger partial charge in [0.05, 0.1) is 18.2 Å². The maximum atomic E-state index is 12.5. The summed E-state index contributed by atoms with van der Waals surface area (Å²) in [5, 5.41) is 3.12. The SMILES string of the molecule is CCOC(=O)C(CC)(C/C=C\c1ccccc1NC(C)=S)C(=O)OCC. The van der Waals surface area contributed by atoms with Crippen molar-refractivity contribution >= 4 is 40.9 Å². The molecule has 0 spiro atoms. The fourth-order valence-electron chi connectivity index (χ4n) is 2.55. The fraction of sp³-hybridized carbons (Fsp3) is 0.450. The number of para-hydroxylation sites is 1. The number of hydrogen-bond acceptors (Lipinski definition) is 5. The zero-order valence-corrected chi connectivity index (χ0v) is 16.7. The van der Waals surface area contributed by atoms with Crippen LogP contribution in [0, 0.1) is 5.41 Å². The molecule has 0 aliphatic rings. The lowest BCUT2D eigenvalue weighted by Crippen LogP contribution is -2.41. The molecular formula is C20H27NO4S. The van der Waals surface area contributed by atoms with Crippen molar-refractivity contribution in [3.63, 3.8) is 0 Å². The summed E-state index contributed by atoms with van der Waals surface area (Å²) in [6, 6.07) is 7.66. The van der Waals surface area contributed by atoms with Crippen molar-refractivity contribution in [2.75, 3.05) is 18.5 Å².